The Balaban J connectivity index is 2.25. The first kappa shape index (κ1) is 14.5. The van der Waals surface area contributed by atoms with Gasteiger partial charge in [0.2, 0.25) is 0 Å². The van der Waals surface area contributed by atoms with Crippen LogP contribution in [0.1, 0.15) is 10.5 Å². The van der Waals surface area contributed by atoms with Crippen molar-refractivity contribution in [2.75, 3.05) is 19.0 Å². The number of nitrogens with one attached hydrogen (secondary N) is 1. The molecule has 1 aromatic heterocycles. The monoisotopic (exact) mass is 313 g/mol. The number of aromatic nitrogens is 1. The molecule has 22 heavy (non-hydrogen) atoms. The number of hydrogen-bond acceptors (Lipinski definition) is 2. The van der Waals surface area contributed by atoms with Gasteiger partial charge < -0.3 is 15.6 Å². The number of H-pyrrole nitrogens is 1. The minimum absolute atomic E-state index is 0.398. The predicted octanol–water partition coefficient (Wildman–Crippen LogP) is 3.65. The van der Waals surface area contributed by atoms with Crippen LogP contribution >= 0.6 is 11.6 Å². The van der Waals surface area contributed by atoms with E-state index in [1.807, 2.05) is 55.4 Å². The van der Waals surface area contributed by atoms with E-state index in [2.05, 4.69) is 4.98 Å². The van der Waals surface area contributed by atoms with E-state index in [1.54, 1.807) is 6.07 Å². The van der Waals surface area contributed by atoms with E-state index in [9.17, 15) is 4.79 Å². The maximum atomic E-state index is 11.8. The molecule has 0 fully saturated rings. The molecule has 0 spiro atoms. The van der Waals surface area contributed by atoms with Crippen molar-refractivity contribution in [1.29, 1.82) is 0 Å². The lowest BCUT2D eigenvalue weighted by Crippen LogP contribution is -2.12. The van der Waals surface area contributed by atoms with Crippen molar-refractivity contribution in [2.24, 2.45) is 5.73 Å². The lowest BCUT2D eigenvalue weighted by molar-refractivity contribution is 0.0997. The molecular weight excluding hydrogens is 298 g/mol. The van der Waals surface area contributed by atoms with Crippen LogP contribution in [0.15, 0.2) is 42.5 Å². The summed E-state index contributed by atoms with van der Waals surface area (Å²) in [5.74, 6) is -0.487. The van der Waals surface area contributed by atoms with E-state index < -0.39 is 5.91 Å². The van der Waals surface area contributed by atoms with Crippen molar-refractivity contribution in [3.63, 3.8) is 0 Å². The number of rotatable bonds is 3. The fourth-order valence-electron chi connectivity index (χ4n) is 2.58. The molecule has 3 rings (SSSR count). The van der Waals surface area contributed by atoms with Gasteiger partial charge in [0.15, 0.2) is 0 Å². The summed E-state index contributed by atoms with van der Waals surface area (Å²) in [6.45, 7) is 0. The quantitative estimate of drug-likeness (QED) is 0.775. The third kappa shape index (κ3) is 2.42. The third-order valence-corrected chi connectivity index (χ3v) is 3.91. The second kappa shape index (κ2) is 5.39. The van der Waals surface area contributed by atoms with Gasteiger partial charge in [-0.05, 0) is 35.9 Å². The molecule has 0 aliphatic rings. The standard InChI is InChI=1S/C17H16ClN3O/c1-21(2)12-6-3-10(4-7-12)15-13-9-11(18)5-8-14(13)20-16(15)17(19)22/h3-9,20H,1-2H3,(H2,19,22). The number of benzene rings is 2. The van der Waals surface area contributed by atoms with E-state index in [-0.39, 0.29) is 0 Å². The second-order valence-corrected chi connectivity index (χ2v) is 5.81. The fourth-order valence-corrected chi connectivity index (χ4v) is 2.75. The van der Waals surface area contributed by atoms with E-state index in [0.29, 0.717) is 10.7 Å². The summed E-state index contributed by atoms with van der Waals surface area (Å²) in [4.78, 5) is 16.9. The van der Waals surface area contributed by atoms with Crippen molar-refractivity contribution in [2.45, 2.75) is 0 Å². The highest BCUT2D eigenvalue weighted by Crippen LogP contribution is 2.34. The zero-order chi connectivity index (χ0) is 15.9. The molecule has 3 N–H and O–H groups in total. The van der Waals surface area contributed by atoms with Gasteiger partial charge in [0.1, 0.15) is 5.69 Å². The van der Waals surface area contributed by atoms with E-state index in [4.69, 9.17) is 17.3 Å². The number of nitrogens with zero attached hydrogens (tertiary/aromatic N) is 1. The van der Waals surface area contributed by atoms with Gasteiger partial charge in [-0.2, -0.15) is 0 Å². The van der Waals surface area contributed by atoms with Gasteiger partial charge in [0, 0.05) is 41.3 Å². The van der Waals surface area contributed by atoms with E-state index >= 15 is 0 Å². The van der Waals surface area contributed by atoms with E-state index in [0.717, 1.165) is 27.7 Å². The Morgan fingerprint density at radius 3 is 2.41 bits per heavy atom. The molecule has 0 radical (unpaired) electrons. The summed E-state index contributed by atoms with van der Waals surface area (Å²) in [5.41, 5.74) is 9.55. The highest BCUT2D eigenvalue weighted by molar-refractivity contribution is 6.31. The molecule has 1 amide bonds. The number of primary amides is 1. The molecule has 0 saturated carbocycles. The van der Waals surface area contributed by atoms with Gasteiger partial charge in [-0.1, -0.05) is 23.7 Å². The first-order valence-electron chi connectivity index (χ1n) is 6.86. The molecule has 0 bridgehead atoms. The van der Waals surface area contributed by atoms with Gasteiger partial charge >= 0.3 is 0 Å². The van der Waals surface area contributed by atoms with Gasteiger partial charge in [-0.3, -0.25) is 4.79 Å². The fraction of sp³-hybridized carbons (Fsp3) is 0.118. The number of carbonyl (C=O) groups excluding carboxylic acids is 1. The Hall–Kier alpha value is -2.46. The molecule has 5 heteroatoms. The van der Waals surface area contributed by atoms with Crippen molar-refractivity contribution in [3.05, 3.63) is 53.2 Å². The molecule has 0 atom stereocenters. The lowest BCUT2D eigenvalue weighted by Gasteiger charge is -2.13. The first-order valence-corrected chi connectivity index (χ1v) is 7.24. The molecule has 0 aliphatic carbocycles. The van der Waals surface area contributed by atoms with Gasteiger partial charge in [-0.25, -0.2) is 0 Å². The Morgan fingerprint density at radius 1 is 1.14 bits per heavy atom. The van der Waals surface area contributed by atoms with Crippen LogP contribution in [0.5, 0.6) is 0 Å². The molecule has 112 valence electrons. The molecule has 0 aliphatic heterocycles. The average Bonchev–Trinajstić information content (AvgIpc) is 2.86. The summed E-state index contributed by atoms with van der Waals surface area (Å²) >= 11 is 6.10. The molecule has 1 heterocycles. The molecule has 4 nitrogen and oxygen atoms in total. The Bertz CT molecular complexity index is 850. The topological polar surface area (TPSA) is 62.1 Å². The molecule has 2 aromatic carbocycles. The second-order valence-electron chi connectivity index (χ2n) is 5.37. The Labute approximate surface area is 133 Å². The highest BCUT2D eigenvalue weighted by atomic mass is 35.5. The van der Waals surface area contributed by atoms with Crippen LogP contribution in [0.25, 0.3) is 22.0 Å². The Kier molecular flexibility index (Phi) is 3.54. The number of nitrogens with two attached hydrogens (primary N) is 1. The van der Waals surface area contributed by atoms with Crippen LogP contribution < -0.4 is 10.6 Å². The largest absolute Gasteiger partial charge is 0.378 e. The van der Waals surface area contributed by atoms with Crippen molar-refractivity contribution >= 4 is 34.1 Å². The number of aromatic amines is 1. The number of halogens is 1. The predicted molar refractivity (Wildman–Crippen MR) is 91.6 cm³/mol. The third-order valence-electron chi connectivity index (χ3n) is 3.68. The SMILES string of the molecule is CN(C)c1ccc(-c2c(C(N)=O)[nH]c3ccc(Cl)cc23)cc1. The highest BCUT2D eigenvalue weighted by Gasteiger charge is 2.17. The lowest BCUT2D eigenvalue weighted by atomic mass is 10.0. The van der Waals surface area contributed by atoms with Gasteiger partial charge in [0.25, 0.3) is 5.91 Å². The van der Waals surface area contributed by atoms with Crippen molar-refractivity contribution in [1.82, 2.24) is 4.98 Å². The summed E-state index contributed by atoms with van der Waals surface area (Å²) in [6, 6.07) is 13.4. The zero-order valence-electron chi connectivity index (χ0n) is 12.4. The van der Waals surface area contributed by atoms with E-state index in [1.165, 1.54) is 0 Å². The number of hydrogen-bond donors (Lipinski definition) is 2. The summed E-state index contributed by atoms with van der Waals surface area (Å²) in [6.07, 6.45) is 0. The minimum Gasteiger partial charge on any atom is -0.378 e. The van der Waals surface area contributed by atoms with Crippen LogP contribution in [0.2, 0.25) is 5.02 Å². The summed E-state index contributed by atoms with van der Waals surface area (Å²) in [5, 5.41) is 1.51. The zero-order valence-corrected chi connectivity index (χ0v) is 13.1. The smallest absolute Gasteiger partial charge is 0.265 e. The minimum atomic E-state index is -0.487. The number of amides is 1. The first-order chi connectivity index (χ1) is 10.5. The van der Waals surface area contributed by atoms with Crippen LogP contribution in [0, 0.1) is 0 Å². The van der Waals surface area contributed by atoms with Crippen molar-refractivity contribution in [3.8, 4) is 11.1 Å². The number of anilines is 1. The van der Waals surface area contributed by atoms with Crippen LogP contribution in [-0.4, -0.2) is 25.0 Å². The van der Waals surface area contributed by atoms with Crippen molar-refractivity contribution < 1.29 is 4.79 Å². The average molecular weight is 314 g/mol. The Morgan fingerprint density at radius 2 is 1.82 bits per heavy atom. The van der Waals surface area contributed by atoms with Crippen LogP contribution in [0.4, 0.5) is 5.69 Å². The molecular formula is C17H16ClN3O. The molecule has 3 aromatic rings. The summed E-state index contributed by atoms with van der Waals surface area (Å²) < 4.78 is 0. The van der Waals surface area contributed by atoms with Gasteiger partial charge in [-0.15, -0.1) is 0 Å². The molecule has 0 unspecified atom stereocenters. The normalized spacial score (nSPS) is 10.9. The maximum absolute atomic E-state index is 11.8. The molecule has 0 saturated heterocycles. The summed E-state index contributed by atoms with van der Waals surface area (Å²) in [7, 11) is 3.96. The van der Waals surface area contributed by atoms with Gasteiger partial charge in [0.05, 0.1) is 0 Å². The van der Waals surface area contributed by atoms with Crippen LogP contribution in [-0.2, 0) is 0 Å². The number of fused-ring (bicyclic) bond motifs is 1. The van der Waals surface area contributed by atoms with Crippen LogP contribution in [0.3, 0.4) is 0 Å². The number of carbonyl (C=O) groups is 1. The maximum Gasteiger partial charge on any atom is 0.265 e.